The van der Waals surface area contributed by atoms with Crippen molar-refractivity contribution in [2.24, 2.45) is 0 Å². The van der Waals surface area contributed by atoms with Gasteiger partial charge in [0.2, 0.25) is 0 Å². The predicted molar refractivity (Wildman–Crippen MR) is 81.2 cm³/mol. The molecule has 0 amide bonds. The summed E-state index contributed by atoms with van der Waals surface area (Å²) in [4.78, 5) is 11.6. The fourth-order valence-corrected chi connectivity index (χ4v) is 2.09. The van der Waals surface area contributed by atoms with Crippen molar-refractivity contribution >= 4 is 5.97 Å². The molecule has 0 aliphatic heterocycles. The molecule has 0 saturated heterocycles. The van der Waals surface area contributed by atoms with E-state index >= 15 is 0 Å². The smallest absolute Gasteiger partial charge is 0.322 e. The molecule has 0 spiro atoms. The van der Waals surface area contributed by atoms with Crippen LogP contribution in [0.4, 0.5) is 0 Å². The fourth-order valence-electron chi connectivity index (χ4n) is 2.09. The number of benzene rings is 1. The molecule has 1 N–H and O–H groups in total. The SMILES string of the molecule is CCOC(=O)C(C)NC(C)c1cnn(-c2ccccc2)c1. The van der Waals surface area contributed by atoms with Gasteiger partial charge in [-0.25, -0.2) is 4.68 Å². The van der Waals surface area contributed by atoms with Gasteiger partial charge < -0.3 is 4.74 Å². The zero-order valence-electron chi connectivity index (χ0n) is 12.6. The maximum Gasteiger partial charge on any atom is 0.322 e. The van der Waals surface area contributed by atoms with E-state index in [1.165, 1.54) is 0 Å². The van der Waals surface area contributed by atoms with Crippen LogP contribution in [0.5, 0.6) is 0 Å². The Bertz CT molecular complexity index is 580. The van der Waals surface area contributed by atoms with Crippen LogP contribution >= 0.6 is 0 Å². The number of ether oxygens (including phenoxy) is 1. The number of esters is 1. The summed E-state index contributed by atoms with van der Waals surface area (Å²) in [6, 6.07) is 9.58. The van der Waals surface area contributed by atoms with E-state index in [-0.39, 0.29) is 18.1 Å². The third-order valence-corrected chi connectivity index (χ3v) is 3.26. The van der Waals surface area contributed by atoms with Gasteiger partial charge in [-0.2, -0.15) is 5.10 Å². The molecule has 5 heteroatoms. The Labute approximate surface area is 124 Å². The zero-order chi connectivity index (χ0) is 15.2. The first-order valence-electron chi connectivity index (χ1n) is 7.14. The van der Waals surface area contributed by atoms with Crippen molar-refractivity contribution in [3.63, 3.8) is 0 Å². The van der Waals surface area contributed by atoms with Crippen molar-refractivity contribution in [3.8, 4) is 5.69 Å². The fraction of sp³-hybridized carbons (Fsp3) is 0.375. The standard InChI is InChI=1S/C16H21N3O2/c1-4-21-16(20)13(3)18-12(2)14-10-17-19(11-14)15-8-6-5-7-9-15/h5-13,18H,4H2,1-3H3. The minimum Gasteiger partial charge on any atom is -0.465 e. The van der Waals surface area contributed by atoms with Crippen molar-refractivity contribution in [2.75, 3.05) is 6.61 Å². The number of hydrogen-bond acceptors (Lipinski definition) is 4. The van der Waals surface area contributed by atoms with E-state index in [2.05, 4.69) is 10.4 Å². The summed E-state index contributed by atoms with van der Waals surface area (Å²) in [5.74, 6) is -0.236. The van der Waals surface area contributed by atoms with Crippen LogP contribution in [0.3, 0.4) is 0 Å². The highest BCUT2D eigenvalue weighted by atomic mass is 16.5. The van der Waals surface area contributed by atoms with Crippen LogP contribution in [-0.4, -0.2) is 28.4 Å². The number of aromatic nitrogens is 2. The molecule has 1 aromatic carbocycles. The second-order valence-electron chi connectivity index (χ2n) is 4.92. The van der Waals surface area contributed by atoms with Gasteiger partial charge in [0.25, 0.3) is 0 Å². The summed E-state index contributed by atoms with van der Waals surface area (Å²) in [5, 5.41) is 7.57. The van der Waals surface area contributed by atoms with Crippen LogP contribution in [0.2, 0.25) is 0 Å². The number of carbonyl (C=O) groups is 1. The van der Waals surface area contributed by atoms with Crippen molar-refractivity contribution in [1.82, 2.24) is 15.1 Å². The minimum atomic E-state index is -0.347. The van der Waals surface area contributed by atoms with E-state index < -0.39 is 0 Å². The Morgan fingerprint density at radius 3 is 2.71 bits per heavy atom. The summed E-state index contributed by atoms with van der Waals surface area (Å²) < 4.78 is 6.81. The predicted octanol–water partition coefficient (Wildman–Crippen LogP) is 2.47. The monoisotopic (exact) mass is 287 g/mol. The van der Waals surface area contributed by atoms with Crippen LogP contribution in [0, 0.1) is 0 Å². The largest absolute Gasteiger partial charge is 0.465 e. The molecule has 0 fully saturated rings. The molecule has 2 unspecified atom stereocenters. The lowest BCUT2D eigenvalue weighted by Gasteiger charge is -2.17. The van der Waals surface area contributed by atoms with Gasteiger partial charge in [0.05, 0.1) is 18.5 Å². The minimum absolute atomic E-state index is 0.0156. The number of nitrogens with one attached hydrogen (secondary N) is 1. The topological polar surface area (TPSA) is 56.1 Å². The normalized spacial score (nSPS) is 13.7. The molecule has 0 radical (unpaired) electrons. The molecule has 5 nitrogen and oxygen atoms in total. The van der Waals surface area contributed by atoms with Crippen LogP contribution in [0.1, 0.15) is 32.4 Å². The van der Waals surface area contributed by atoms with Crippen molar-refractivity contribution in [3.05, 3.63) is 48.3 Å². The Hall–Kier alpha value is -2.14. The average molecular weight is 287 g/mol. The lowest BCUT2D eigenvalue weighted by Crippen LogP contribution is -2.36. The molecular weight excluding hydrogens is 266 g/mol. The van der Waals surface area contributed by atoms with E-state index in [4.69, 9.17) is 4.74 Å². The number of carbonyl (C=O) groups excluding carboxylic acids is 1. The third-order valence-electron chi connectivity index (χ3n) is 3.26. The molecule has 0 bridgehead atoms. The van der Waals surface area contributed by atoms with E-state index in [1.807, 2.05) is 54.3 Å². The first-order valence-corrected chi connectivity index (χ1v) is 7.14. The maximum absolute atomic E-state index is 11.6. The lowest BCUT2D eigenvalue weighted by atomic mass is 10.1. The summed E-state index contributed by atoms with van der Waals surface area (Å²) >= 11 is 0. The average Bonchev–Trinajstić information content (AvgIpc) is 2.98. The number of rotatable bonds is 6. The molecular formula is C16H21N3O2. The van der Waals surface area contributed by atoms with Gasteiger partial charge in [-0.15, -0.1) is 0 Å². The number of para-hydroxylation sites is 1. The quantitative estimate of drug-likeness (QED) is 0.829. The van der Waals surface area contributed by atoms with E-state index in [0.717, 1.165) is 11.3 Å². The van der Waals surface area contributed by atoms with Gasteiger partial charge in [0, 0.05) is 17.8 Å². The second kappa shape index (κ2) is 7.04. The third kappa shape index (κ3) is 3.92. The molecule has 2 aromatic rings. The maximum atomic E-state index is 11.6. The molecule has 21 heavy (non-hydrogen) atoms. The second-order valence-corrected chi connectivity index (χ2v) is 4.92. The summed E-state index contributed by atoms with van der Waals surface area (Å²) in [5.41, 5.74) is 2.03. The molecule has 0 aliphatic carbocycles. The molecule has 0 aliphatic rings. The summed E-state index contributed by atoms with van der Waals surface area (Å²) in [6.45, 7) is 6.00. The first-order chi connectivity index (χ1) is 10.1. The number of nitrogens with zero attached hydrogens (tertiary/aromatic N) is 2. The molecule has 2 rings (SSSR count). The van der Waals surface area contributed by atoms with E-state index in [9.17, 15) is 4.79 Å². The Morgan fingerprint density at radius 2 is 2.05 bits per heavy atom. The van der Waals surface area contributed by atoms with Gasteiger partial charge in [-0.3, -0.25) is 10.1 Å². The van der Waals surface area contributed by atoms with E-state index in [1.54, 1.807) is 13.8 Å². The van der Waals surface area contributed by atoms with Gasteiger partial charge in [-0.05, 0) is 32.9 Å². The lowest BCUT2D eigenvalue weighted by molar-refractivity contribution is -0.145. The highest BCUT2D eigenvalue weighted by Crippen LogP contribution is 2.15. The van der Waals surface area contributed by atoms with Crippen molar-refractivity contribution < 1.29 is 9.53 Å². The van der Waals surface area contributed by atoms with Crippen molar-refractivity contribution in [2.45, 2.75) is 32.9 Å². The number of hydrogen-bond donors (Lipinski definition) is 1. The van der Waals surface area contributed by atoms with Gasteiger partial charge >= 0.3 is 5.97 Å². The molecule has 1 heterocycles. The van der Waals surface area contributed by atoms with Gasteiger partial charge in [0.15, 0.2) is 0 Å². The van der Waals surface area contributed by atoms with Gasteiger partial charge in [0.1, 0.15) is 6.04 Å². The van der Waals surface area contributed by atoms with Crippen molar-refractivity contribution in [1.29, 1.82) is 0 Å². The molecule has 0 saturated carbocycles. The summed E-state index contributed by atoms with van der Waals surface area (Å²) in [7, 11) is 0. The van der Waals surface area contributed by atoms with Crippen LogP contribution in [0.25, 0.3) is 5.69 Å². The Morgan fingerprint density at radius 1 is 1.33 bits per heavy atom. The summed E-state index contributed by atoms with van der Waals surface area (Å²) in [6.07, 6.45) is 3.77. The Balaban J connectivity index is 2.02. The van der Waals surface area contributed by atoms with Crippen LogP contribution < -0.4 is 5.32 Å². The van der Waals surface area contributed by atoms with Crippen LogP contribution in [0.15, 0.2) is 42.7 Å². The molecule has 112 valence electrons. The van der Waals surface area contributed by atoms with E-state index in [0.29, 0.717) is 6.61 Å². The van der Waals surface area contributed by atoms with Crippen LogP contribution in [-0.2, 0) is 9.53 Å². The molecule has 1 aromatic heterocycles. The molecule has 2 atom stereocenters. The zero-order valence-corrected chi connectivity index (χ0v) is 12.6. The first kappa shape index (κ1) is 15.3. The Kier molecular flexibility index (Phi) is 5.11. The van der Waals surface area contributed by atoms with Gasteiger partial charge in [-0.1, -0.05) is 18.2 Å². The highest BCUT2D eigenvalue weighted by molar-refractivity contribution is 5.75. The highest BCUT2D eigenvalue weighted by Gasteiger charge is 2.18.